The molecule has 0 saturated heterocycles. The zero-order valence-corrected chi connectivity index (χ0v) is 16.4. The summed E-state index contributed by atoms with van der Waals surface area (Å²) in [7, 11) is 1.43. The number of thiazole rings is 1. The van der Waals surface area contributed by atoms with E-state index in [1.807, 2.05) is 24.3 Å². The fraction of sp³-hybridized carbons (Fsp3) is 0.222. The number of fused-ring (bicyclic) bond motifs is 1. The Morgan fingerprint density at radius 2 is 2.07 bits per heavy atom. The monoisotopic (exact) mass is 403 g/mol. The molecule has 0 fully saturated rings. The van der Waals surface area contributed by atoms with Crippen molar-refractivity contribution in [3.8, 4) is 5.75 Å². The molecule has 0 unspecified atom stereocenters. The Bertz CT molecular complexity index is 986. The highest BCUT2D eigenvalue weighted by Crippen LogP contribution is 2.36. The van der Waals surface area contributed by atoms with Gasteiger partial charge in [0.05, 0.1) is 29.2 Å². The van der Waals surface area contributed by atoms with Crippen molar-refractivity contribution in [3.05, 3.63) is 52.1 Å². The first kappa shape index (κ1) is 19.1. The normalized spacial score (nSPS) is 10.7. The second kappa shape index (κ2) is 8.36. The molecule has 0 atom stereocenters. The van der Waals surface area contributed by atoms with Gasteiger partial charge in [-0.25, -0.2) is 4.98 Å². The van der Waals surface area contributed by atoms with E-state index >= 15 is 0 Å². The van der Waals surface area contributed by atoms with Crippen LogP contribution in [0.25, 0.3) is 10.2 Å². The van der Waals surface area contributed by atoms with Gasteiger partial charge in [-0.2, -0.15) is 0 Å². The number of thioether (sulfide) groups is 1. The van der Waals surface area contributed by atoms with E-state index < -0.39 is 4.92 Å². The van der Waals surface area contributed by atoms with Gasteiger partial charge in [-0.1, -0.05) is 30.4 Å². The third-order valence-electron chi connectivity index (χ3n) is 3.72. The van der Waals surface area contributed by atoms with Gasteiger partial charge in [0.1, 0.15) is 5.52 Å². The number of carbonyl (C=O) groups excluding carboxylic acids is 1. The first-order chi connectivity index (χ1) is 13.0. The Labute approximate surface area is 163 Å². The molecule has 0 saturated carbocycles. The van der Waals surface area contributed by atoms with Crippen molar-refractivity contribution in [1.82, 2.24) is 4.98 Å². The number of rotatable bonds is 7. The van der Waals surface area contributed by atoms with Crippen LogP contribution in [0.2, 0.25) is 0 Å². The van der Waals surface area contributed by atoms with E-state index in [4.69, 9.17) is 4.74 Å². The third kappa shape index (κ3) is 4.55. The van der Waals surface area contributed by atoms with Gasteiger partial charge in [0.25, 0.3) is 5.69 Å². The number of nitrogens with zero attached hydrogens (tertiary/aromatic N) is 2. The summed E-state index contributed by atoms with van der Waals surface area (Å²) >= 11 is 2.92. The Kier molecular flexibility index (Phi) is 5.92. The lowest BCUT2D eigenvalue weighted by molar-refractivity contribution is -0.384. The minimum absolute atomic E-state index is 0.0779. The van der Waals surface area contributed by atoms with Gasteiger partial charge >= 0.3 is 0 Å². The van der Waals surface area contributed by atoms with Crippen molar-refractivity contribution >= 4 is 50.0 Å². The highest BCUT2D eigenvalue weighted by Gasteiger charge is 2.17. The number of anilines is 1. The van der Waals surface area contributed by atoms with Crippen LogP contribution in [0.5, 0.6) is 5.75 Å². The number of nitro groups is 1. The number of aromatic nitrogens is 1. The maximum absolute atomic E-state index is 12.3. The quantitative estimate of drug-likeness (QED) is 0.354. The van der Waals surface area contributed by atoms with Crippen LogP contribution in [0.3, 0.4) is 0 Å². The molecule has 3 rings (SSSR count). The summed E-state index contributed by atoms with van der Waals surface area (Å²) in [4.78, 5) is 28.4. The highest BCUT2D eigenvalue weighted by atomic mass is 32.2. The highest BCUT2D eigenvalue weighted by molar-refractivity contribution is 7.99. The fourth-order valence-corrected chi connectivity index (χ4v) is 4.11. The molecule has 3 aromatic rings. The minimum atomic E-state index is -0.486. The fourth-order valence-electron chi connectivity index (χ4n) is 2.52. The van der Waals surface area contributed by atoms with Crippen molar-refractivity contribution in [2.75, 3.05) is 18.2 Å². The molecule has 9 heteroatoms. The largest absolute Gasteiger partial charge is 0.494 e. The molecular weight excluding hydrogens is 386 g/mol. The van der Waals surface area contributed by atoms with Crippen molar-refractivity contribution in [2.45, 2.75) is 18.2 Å². The zero-order valence-electron chi connectivity index (χ0n) is 14.7. The molecule has 1 amide bonds. The number of hydrogen-bond donors (Lipinski definition) is 1. The summed E-state index contributed by atoms with van der Waals surface area (Å²) < 4.78 is 5.77. The second-order valence-corrected chi connectivity index (χ2v) is 7.94. The van der Waals surface area contributed by atoms with Gasteiger partial charge < -0.3 is 10.1 Å². The second-order valence-electron chi connectivity index (χ2n) is 5.57. The van der Waals surface area contributed by atoms with Crippen molar-refractivity contribution in [2.24, 2.45) is 0 Å². The Hall–Kier alpha value is -2.65. The maximum atomic E-state index is 12.3. The lowest BCUT2D eigenvalue weighted by Crippen LogP contribution is -2.14. The Balaban J connectivity index is 1.75. The number of methoxy groups -OCH3 is 1. The van der Waals surface area contributed by atoms with E-state index in [-0.39, 0.29) is 18.0 Å². The first-order valence-corrected chi connectivity index (χ1v) is 9.95. The molecule has 1 N–H and O–H groups in total. The van der Waals surface area contributed by atoms with E-state index in [1.54, 1.807) is 11.8 Å². The molecule has 0 aliphatic carbocycles. The number of nitro benzene ring substituents is 1. The molecule has 0 aliphatic rings. The molecule has 1 aromatic heterocycles. The molecule has 140 valence electrons. The zero-order chi connectivity index (χ0) is 19.4. The topological polar surface area (TPSA) is 94.4 Å². The van der Waals surface area contributed by atoms with Crippen molar-refractivity contribution < 1.29 is 14.5 Å². The smallest absolute Gasteiger partial charge is 0.274 e. The van der Waals surface area contributed by atoms with Gasteiger partial charge in [0.2, 0.25) is 5.91 Å². The van der Waals surface area contributed by atoms with Crippen LogP contribution in [0.4, 0.5) is 10.8 Å². The van der Waals surface area contributed by atoms with Crippen LogP contribution >= 0.6 is 23.1 Å². The van der Waals surface area contributed by atoms with E-state index in [9.17, 15) is 14.9 Å². The van der Waals surface area contributed by atoms with Crippen molar-refractivity contribution in [3.63, 3.8) is 0 Å². The Morgan fingerprint density at radius 3 is 2.70 bits per heavy atom. The van der Waals surface area contributed by atoms with Crippen molar-refractivity contribution in [1.29, 1.82) is 0 Å². The summed E-state index contributed by atoms with van der Waals surface area (Å²) in [5, 5.41) is 14.2. The molecule has 7 nitrogen and oxygen atoms in total. The SMILES string of the molecule is CCSc1ccc(CC(=O)Nc2nc3c(OC)cc([N+](=O)[O-])cc3s2)cc1. The molecular formula is C18H17N3O4S2. The predicted molar refractivity (Wildman–Crippen MR) is 108 cm³/mol. The summed E-state index contributed by atoms with van der Waals surface area (Å²) in [5.41, 5.74) is 1.32. The lowest BCUT2D eigenvalue weighted by atomic mass is 10.1. The van der Waals surface area contributed by atoms with Crippen LogP contribution in [0.1, 0.15) is 12.5 Å². The lowest BCUT2D eigenvalue weighted by Gasteiger charge is -2.03. The van der Waals surface area contributed by atoms with Crippen LogP contribution in [-0.4, -0.2) is 28.7 Å². The van der Waals surface area contributed by atoms with Gasteiger partial charge in [-0.15, -0.1) is 11.8 Å². The number of nitrogens with one attached hydrogen (secondary N) is 1. The number of ether oxygens (including phenoxy) is 1. The average Bonchev–Trinajstić information content (AvgIpc) is 3.04. The Morgan fingerprint density at radius 1 is 1.33 bits per heavy atom. The van der Waals surface area contributed by atoms with E-state index in [2.05, 4.69) is 17.2 Å². The molecule has 0 bridgehead atoms. The predicted octanol–water partition coefficient (Wildman–Crippen LogP) is 4.51. The summed E-state index contributed by atoms with van der Waals surface area (Å²) in [6.07, 6.45) is 0.226. The molecule has 2 aromatic carbocycles. The van der Waals surface area contributed by atoms with E-state index in [0.717, 1.165) is 11.3 Å². The number of amides is 1. The van der Waals surface area contributed by atoms with Gasteiger partial charge in [0, 0.05) is 11.0 Å². The van der Waals surface area contributed by atoms with Crippen LogP contribution in [0.15, 0.2) is 41.3 Å². The molecule has 27 heavy (non-hydrogen) atoms. The number of hydrogen-bond acceptors (Lipinski definition) is 7. The minimum Gasteiger partial charge on any atom is -0.494 e. The summed E-state index contributed by atoms with van der Waals surface area (Å²) in [6, 6.07) is 10.6. The van der Waals surface area contributed by atoms with Crippen LogP contribution in [0, 0.1) is 10.1 Å². The van der Waals surface area contributed by atoms with Gasteiger partial charge in [-0.3, -0.25) is 14.9 Å². The standard InChI is InChI=1S/C18H17N3O4S2/c1-3-26-13-6-4-11(5-7-13)8-16(22)19-18-20-17-14(25-2)9-12(21(23)24)10-15(17)27-18/h4-7,9-10H,3,8H2,1-2H3,(H,19,20,22). The van der Waals surface area contributed by atoms with E-state index in [0.29, 0.717) is 21.1 Å². The average molecular weight is 403 g/mol. The molecule has 1 heterocycles. The van der Waals surface area contributed by atoms with Gasteiger partial charge in [0.15, 0.2) is 10.9 Å². The third-order valence-corrected chi connectivity index (χ3v) is 5.53. The molecule has 0 aliphatic heterocycles. The summed E-state index contributed by atoms with van der Waals surface area (Å²) in [6.45, 7) is 2.09. The van der Waals surface area contributed by atoms with E-state index in [1.165, 1.54) is 35.5 Å². The maximum Gasteiger partial charge on any atom is 0.274 e. The molecule has 0 radical (unpaired) electrons. The van der Waals surface area contributed by atoms with Gasteiger partial charge in [-0.05, 0) is 23.4 Å². The number of carbonyl (C=O) groups is 1. The van der Waals surface area contributed by atoms with Crippen LogP contribution in [-0.2, 0) is 11.2 Å². The number of non-ortho nitro benzene ring substituents is 1. The number of benzene rings is 2. The molecule has 0 spiro atoms. The first-order valence-electron chi connectivity index (χ1n) is 8.14. The summed E-state index contributed by atoms with van der Waals surface area (Å²) in [5.74, 6) is 1.11. The van der Waals surface area contributed by atoms with Crippen LogP contribution < -0.4 is 10.1 Å².